The number of esters is 1. The van der Waals surface area contributed by atoms with Crippen molar-refractivity contribution in [2.75, 3.05) is 11.5 Å². The molecule has 0 aliphatic carbocycles. The van der Waals surface area contributed by atoms with Crippen molar-refractivity contribution in [3.63, 3.8) is 0 Å². The molecule has 1 amide bonds. The van der Waals surface area contributed by atoms with Gasteiger partial charge in [0.25, 0.3) is 0 Å². The Balaban J connectivity index is 1.47. The van der Waals surface area contributed by atoms with Crippen molar-refractivity contribution in [2.24, 2.45) is 0 Å². The Morgan fingerprint density at radius 1 is 1.05 bits per heavy atom. The monoisotopic (exact) mass is 496 g/mol. The van der Waals surface area contributed by atoms with E-state index in [1.807, 2.05) is 30.3 Å². The van der Waals surface area contributed by atoms with E-state index in [2.05, 4.69) is 16.0 Å². The van der Waals surface area contributed by atoms with Crippen molar-refractivity contribution in [2.45, 2.75) is 39.2 Å². The minimum Gasteiger partial charge on any atom is -0.466 e. The van der Waals surface area contributed by atoms with E-state index in [9.17, 15) is 9.59 Å². The van der Waals surface area contributed by atoms with Crippen LogP contribution in [0, 0.1) is 11.3 Å². The maximum Gasteiger partial charge on any atom is 0.420 e. The van der Waals surface area contributed by atoms with Crippen molar-refractivity contribution in [3.8, 4) is 11.8 Å². The summed E-state index contributed by atoms with van der Waals surface area (Å²) in [5, 5.41) is 8.95. The second-order valence-electron chi connectivity index (χ2n) is 8.60. The van der Waals surface area contributed by atoms with Crippen molar-refractivity contribution >= 4 is 28.8 Å². The Morgan fingerprint density at radius 3 is 2.51 bits per heavy atom. The third-order valence-corrected chi connectivity index (χ3v) is 5.88. The molecule has 1 aromatic heterocycles. The lowest BCUT2D eigenvalue weighted by atomic mass is 10.1. The quantitative estimate of drug-likeness (QED) is 0.304. The number of fused-ring (bicyclic) bond motifs is 1. The summed E-state index contributed by atoms with van der Waals surface area (Å²) in [7, 11) is 0. The van der Waals surface area contributed by atoms with Gasteiger partial charge in [-0.05, 0) is 62.2 Å². The van der Waals surface area contributed by atoms with Crippen LogP contribution in [-0.4, -0.2) is 34.7 Å². The summed E-state index contributed by atoms with van der Waals surface area (Å²) < 4.78 is 10.8. The Morgan fingerprint density at radius 2 is 1.81 bits per heavy atom. The number of nitrogens with zero attached hydrogens (tertiary/aromatic N) is 3. The number of rotatable bonds is 9. The second kappa shape index (κ2) is 11.9. The summed E-state index contributed by atoms with van der Waals surface area (Å²) in [6.45, 7) is 3.81. The number of para-hydroxylation sites is 1. The van der Waals surface area contributed by atoms with Crippen LogP contribution in [0.1, 0.15) is 37.2 Å². The highest BCUT2D eigenvalue weighted by Crippen LogP contribution is 2.24. The van der Waals surface area contributed by atoms with Gasteiger partial charge in [0.05, 0.1) is 35.7 Å². The number of hydrogen-bond donors (Lipinski definition) is 1. The molecular weight excluding hydrogens is 468 g/mol. The zero-order chi connectivity index (χ0) is 26.2. The molecule has 1 atom stereocenters. The summed E-state index contributed by atoms with van der Waals surface area (Å²) in [5.74, 6) is 0.803. The van der Waals surface area contributed by atoms with E-state index in [-0.39, 0.29) is 19.0 Å². The number of aromatic amines is 1. The summed E-state index contributed by atoms with van der Waals surface area (Å²) >= 11 is 0. The van der Waals surface area contributed by atoms with Gasteiger partial charge in [-0.3, -0.25) is 9.69 Å². The Kier molecular flexibility index (Phi) is 8.16. The average molecular weight is 497 g/mol. The van der Waals surface area contributed by atoms with E-state index in [0.29, 0.717) is 23.4 Å². The van der Waals surface area contributed by atoms with E-state index >= 15 is 0 Å². The van der Waals surface area contributed by atoms with Crippen LogP contribution >= 0.6 is 0 Å². The van der Waals surface area contributed by atoms with Gasteiger partial charge in [0.2, 0.25) is 0 Å². The molecule has 8 heteroatoms. The van der Waals surface area contributed by atoms with Gasteiger partial charge in [0, 0.05) is 24.2 Å². The van der Waals surface area contributed by atoms with E-state index in [0.717, 1.165) is 28.8 Å². The Bertz CT molecular complexity index is 1410. The first-order chi connectivity index (χ1) is 18.0. The lowest BCUT2D eigenvalue weighted by Gasteiger charge is -2.28. The first-order valence-electron chi connectivity index (χ1n) is 12.2. The number of aromatic nitrogens is 2. The first-order valence-corrected chi connectivity index (χ1v) is 12.2. The highest BCUT2D eigenvalue weighted by atomic mass is 16.6. The molecular formula is C29H28N4O4. The molecule has 0 radical (unpaired) electrons. The van der Waals surface area contributed by atoms with Crippen LogP contribution in [0.25, 0.3) is 11.0 Å². The summed E-state index contributed by atoms with van der Waals surface area (Å²) in [6.07, 6.45) is 0.920. The Hall–Kier alpha value is -4.64. The smallest absolute Gasteiger partial charge is 0.420 e. The van der Waals surface area contributed by atoms with E-state index in [1.54, 1.807) is 56.3 Å². The molecule has 188 valence electrons. The van der Waals surface area contributed by atoms with Crippen LogP contribution in [0.2, 0.25) is 0 Å². The molecule has 4 aromatic rings. The maximum absolute atomic E-state index is 13.2. The summed E-state index contributed by atoms with van der Waals surface area (Å²) in [4.78, 5) is 34.7. The molecule has 1 N–H and O–H groups in total. The van der Waals surface area contributed by atoms with Gasteiger partial charge in [0.15, 0.2) is 0 Å². The van der Waals surface area contributed by atoms with Gasteiger partial charge >= 0.3 is 12.1 Å². The number of ether oxygens (including phenoxy) is 2. The largest absolute Gasteiger partial charge is 0.466 e. The molecule has 1 unspecified atom stereocenters. The zero-order valence-corrected chi connectivity index (χ0v) is 20.8. The lowest BCUT2D eigenvalue weighted by molar-refractivity contribution is -0.143. The number of carbonyl (C=O) groups is 2. The molecule has 0 fully saturated rings. The van der Waals surface area contributed by atoms with Crippen molar-refractivity contribution in [1.29, 1.82) is 5.26 Å². The SMILES string of the molecule is CCOC(=O)CC(C)N(C(=O)Oc1ccc2nc(CCc3ccc(C#N)cc3)[nH]c2c1)c1ccccc1. The van der Waals surface area contributed by atoms with Gasteiger partial charge < -0.3 is 14.5 Å². The number of anilines is 1. The fourth-order valence-electron chi connectivity index (χ4n) is 4.06. The van der Waals surface area contributed by atoms with E-state index in [4.69, 9.17) is 14.7 Å². The van der Waals surface area contributed by atoms with Crippen LogP contribution in [0.3, 0.4) is 0 Å². The summed E-state index contributed by atoms with van der Waals surface area (Å²) in [6, 6.07) is 23.5. The van der Waals surface area contributed by atoms with Crippen molar-refractivity contribution in [3.05, 3.63) is 89.7 Å². The third-order valence-electron chi connectivity index (χ3n) is 5.88. The number of nitrogens with one attached hydrogen (secondary N) is 1. The molecule has 1 heterocycles. The van der Waals surface area contributed by atoms with Gasteiger partial charge in [-0.15, -0.1) is 0 Å². The molecule has 37 heavy (non-hydrogen) atoms. The molecule has 0 saturated heterocycles. The number of carbonyl (C=O) groups excluding carboxylic acids is 2. The molecule has 0 saturated carbocycles. The zero-order valence-electron chi connectivity index (χ0n) is 20.8. The number of nitriles is 1. The summed E-state index contributed by atoms with van der Waals surface area (Å²) in [5.41, 5.74) is 3.90. The highest BCUT2D eigenvalue weighted by Gasteiger charge is 2.26. The van der Waals surface area contributed by atoms with Gasteiger partial charge in [-0.25, -0.2) is 9.78 Å². The van der Waals surface area contributed by atoms with Gasteiger partial charge in [-0.2, -0.15) is 5.26 Å². The molecule has 8 nitrogen and oxygen atoms in total. The minimum absolute atomic E-state index is 0.0417. The van der Waals surface area contributed by atoms with Crippen LogP contribution < -0.4 is 9.64 Å². The fourth-order valence-corrected chi connectivity index (χ4v) is 4.06. The minimum atomic E-state index is -0.595. The van der Waals surface area contributed by atoms with Gasteiger partial charge in [0.1, 0.15) is 11.6 Å². The predicted octanol–water partition coefficient (Wildman–Crippen LogP) is 5.57. The van der Waals surface area contributed by atoms with E-state index in [1.165, 1.54) is 4.90 Å². The molecule has 0 aliphatic rings. The number of benzene rings is 3. The van der Waals surface area contributed by atoms with Crippen LogP contribution in [-0.2, 0) is 22.4 Å². The van der Waals surface area contributed by atoms with Crippen molar-refractivity contribution < 1.29 is 19.1 Å². The van der Waals surface area contributed by atoms with Crippen LogP contribution in [0.15, 0.2) is 72.8 Å². The van der Waals surface area contributed by atoms with Crippen LogP contribution in [0.5, 0.6) is 5.75 Å². The molecule has 0 spiro atoms. The maximum atomic E-state index is 13.2. The first kappa shape index (κ1) is 25.5. The topological polar surface area (TPSA) is 108 Å². The molecule has 4 rings (SSSR count). The number of hydrogen-bond acceptors (Lipinski definition) is 6. The van der Waals surface area contributed by atoms with Crippen LogP contribution in [0.4, 0.5) is 10.5 Å². The van der Waals surface area contributed by atoms with Gasteiger partial charge in [-0.1, -0.05) is 30.3 Å². The highest BCUT2D eigenvalue weighted by molar-refractivity contribution is 5.91. The number of imidazole rings is 1. The normalized spacial score (nSPS) is 11.5. The third kappa shape index (κ3) is 6.53. The number of H-pyrrole nitrogens is 1. The predicted molar refractivity (Wildman–Crippen MR) is 140 cm³/mol. The molecule has 0 bridgehead atoms. The molecule has 3 aromatic carbocycles. The average Bonchev–Trinajstić information content (AvgIpc) is 3.31. The van der Waals surface area contributed by atoms with E-state index < -0.39 is 12.1 Å². The second-order valence-corrected chi connectivity index (χ2v) is 8.60. The van der Waals surface area contributed by atoms with Crippen molar-refractivity contribution in [1.82, 2.24) is 9.97 Å². The number of amides is 1. The number of aryl methyl sites for hydroxylation is 2. The Labute approximate surface area is 215 Å². The molecule has 0 aliphatic heterocycles. The lowest BCUT2D eigenvalue weighted by Crippen LogP contribution is -2.42. The standard InChI is InChI=1S/C29H28N4O4/c1-3-36-28(34)17-20(2)33(23-7-5-4-6-8-23)29(35)37-24-14-15-25-26(18-24)32-27(31-25)16-13-21-9-11-22(19-30)12-10-21/h4-12,14-15,18,20H,3,13,16-17H2,1-2H3,(H,31,32). The fraction of sp³-hybridized carbons (Fsp3) is 0.241.